The number of rotatable bonds is 3. The molecule has 18 heavy (non-hydrogen) atoms. The molecule has 0 N–H and O–H groups in total. The van der Waals surface area contributed by atoms with Crippen molar-refractivity contribution in [3.8, 4) is 35.8 Å². The summed E-state index contributed by atoms with van der Waals surface area (Å²) in [7, 11) is 0. The molecule has 0 saturated carbocycles. The molecule has 0 bridgehead atoms. The molecule has 2 aromatic carbocycles. The average molecular weight is 230 g/mol. The van der Waals surface area contributed by atoms with Crippen LogP contribution in [0.25, 0.3) is 11.1 Å². The van der Waals surface area contributed by atoms with Crippen molar-refractivity contribution in [1.29, 1.82) is 0 Å². The fourth-order valence-corrected chi connectivity index (χ4v) is 1.87. The lowest BCUT2D eigenvalue weighted by atomic mass is 10.0. The maximum Gasteiger partial charge on any atom is 0.0337 e. The summed E-state index contributed by atoms with van der Waals surface area (Å²) in [5.41, 5.74) is 4.74. The van der Waals surface area contributed by atoms with Crippen molar-refractivity contribution >= 4 is 0 Å². The lowest BCUT2D eigenvalue weighted by Gasteiger charge is -2.04. The van der Waals surface area contributed by atoms with Gasteiger partial charge >= 0.3 is 0 Å². The van der Waals surface area contributed by atoms with E-state index in [0.717, 1.165) is 0 Å². The third-order valence-corrected chi connectivity index (χ3v) is 2.85. The predicted octanol–water partition coefficient (Wildman–Crippen LogP) is 3.71. The molecule has 2 rings (SSSR count). The van der Waals surface area contributed by atoms with Crippen LogP contribution in [0.5, 0.6) is 0 Å². The summed E-state index contributed by atoms with van der Waals surface area (Å²) in [5.74, 6) is 5.29. The highest BCUT2D eigenvalue weighted by Gasteiger charge is 1.98. The van der Waals surface area contributed by atoms with Crippen LogP contribution in [0.2, 0.25) is 0 Å². The number of hydrogen-bond donors (Lipinski definition) is 0. The monoisotopic (exact) mass is 230 g/mol. The zero-order chi connectivity index (χ0) is 12.8. The minimum atomic E-state index is 0.682. The van der Waals surface area contributed by atoms with E-state index in [0.29, 0.717) is 12.8 Å². The smallest absolute Gasteiger partial charge is 0.0337 e. The molecule has 0 aliphatic carbocycles. The summed E-state index contributed by atoms with van der Waals surface area (Å²) in [5, 5.41) is 0. The van der Waals surface area contributed by atoms with Gasteiger partial charge in [-0.25, -0.2) is 0 Å². The van der Waals surface area contributed by atoms with Gasteiger partial charge in [0.2, 0.25) is 0 Å². The first-order chi connectivity index (χ1) is 8.83. The summed E-state index contributed by atoms with van der Waals surface area (Å²) < 4.78 is 0. The van der Waals surface area contributed by atoms with E-state index in [1.165, 1.54) is 22.3 Å². The van der Waals surface area contributed by atoms with E-state index < -0.39 is 0 Å². The molecule has 0 heteroatoms. The molecule has 0 nitrogen and oxygen atoms in total. The first-order valence-electron chi connectivity index (χ1n) is 5.88. The summed E-state index contributed by atoms with van der Waals surface area (Å²) in [6.45, 7) is 0. The van der Waals surface area contributed by atoms with Gasteiger partial charge in [-0.2, -0.15) is 0 Å². The molecule has 0 unspecified atom stereocenters. The number of hydrogen-bond acceptors (Lipinski definition) is 0. The molecule has 0 aliphatic rings. The molecule has 0 heterocycles. The molecule has 0 radical (unpaired) electrons. The van der Waals surface area contributed by atoms with Gasteiger partial charge in [-0.3, -0.25) is 0 Å². The van der Waals surface area contributed by atoms with Gasteiger partial charge in [-0.05, 0) is 22.3 Å². The Bertz CT molecular complexity index is 529. The molecule has 2 aromatic rings. The number of terminal acetylenes is 2. The topological polar surface area (TPSA) is 0 Å². The van der Waals surface area contributed by atoms with E-state index in [1.54, 1.807) is 0 Å². The van der Waals surface area contributed by atoms with Crippen LogP contribution >= 0.6 is 0 Å². The molecule has 0 fully saturated rings. The summed E-state index contributed by atoms with van der Waals surface area (Å²) in [4.78, 5) is 0. The van der Waals surface area contributed by atoms with Crippen LogP contribution in [0.1, 0.15) is 11.1 Å². The van der Waals surface area contributed by atoms with E-state index in [1.807, 2.05) is 0 Å². The molecule has 0 saturated heterocycles. The molecule has 0 amide bonds. The third-order valence-electron chi connectivity index (χ3n) is 2.85. The standard InChI is InChI=1S/C18H14/c1-3-5-15-7-11-17(12-8-15)18-13-9-16(6-4-2)10-14-18/h1-2,7-14H,5-6H2. The Morgan fingerprint density at radius 1 is 0.611 bits per heavy atom. The summed E-state index contributed by atoms with van der Waals surface area (Å²) >= 11 is 0. The predicted molar refractivity (Wildman–Crippen MR) is 77.0 cm³/mol. The van der Waals surface area contributed by atoms with Gasteiger partial charge in [-0.1, -0.05) is 48.5 Å². The minimum absolute atomic E-state index is 0.682. The van der Waals surface area contributed by atoms with E-state index in [2.05, 4.69) is 60.4 Å². The van der Waals surface area contributed by atoms with Gasteiger partial charge in [0.05, 0.1) is 0 Å². The van der Waals surface area contributed by atoms with Crippen molar-refractivity contribution in [2.45, 2.75) is 12.8 Å². The average Bonchev–Trinajstić information content (AvgIpc) is 2.41. The Balaban J connectivity index is 2.21. The SMILES string of the molecule is C#CCc1ccc(-c2ccc(CC#C)cc2)cc1. The summed E-state index contributed by atoms with van der Waals surface area (Å²) in [6, 6.07) is 16.7. The number of benzene rings is 2. The van der Waals surface area contributed by atoms with Crippen molar-refractivity contribution in [2.24, 2.45) is 0 Å². The van der Waals surface area contributed by atoms with Crippen LogP contribution in [0.4, 0.5) is 0 Å². The maximum absolute atomic E-state index is 5.29. The first kappa shape index (κ1) is 12.0. The molecule has 0 aliphatic heterocycles. The Morgan fingerprint density at radius 3 is 1.22 bits per heavy atom. The Morgan fingerprint density at radius 2 is 0.944 bits per heavy atom. The Kier molecular flexibility index (Phi) is 3.85. The zero-order valence-corrected chi connectivity index (χ0v) is 10.2. The van der Waals surface area contributed by atoms with Gasteiger partial charge in [0.1, 0.15) is 0 Å². The van der Waals surface area contributed by atoms with Crippen molar-refractivity contribution in [2.75, 3.05) is 0 Å². The second kappa shape index (κ2) is 5.76. The van der Waals surface area contributed by atoms with Crippen molar-refractivity contribution in [3.05, 3.63) is 59.7 Å². The fraction of sp³-hybridized carbons (Fsp3) is 0.111. The van der Waals surface area contributed by atoms with Crippen LogP contribution < -0.4 is 0 Å². The van der Waals surface area contributed by atoms with Gasteiger partial charge in [0.25, 0.3) is 0 Å². The maximum atomic E-state index is 5.29. The third kappa shape index (κ3) is 2.82. The van der Waals surface area contributed by atoms with Crippen molar-refractivity contribution in [1.82, 2.24) is 0 Å². The van der Waals surface area contributed by atoms with E-state index >= 15 is 0 Å². The van der Waals surface area contributed by atoms with E-state index in [4.69, 9.17) is 12.8 Å². The second-order valence-corrected chi connectivity index (χ2v) is 4.16. The molecule has 86 valence electrons. The van der Waals surface area contributed by atoms with Gasteiger partial charge < -0.3 is 0 Å². The zero-order valence-electron chi connectivity index (χ0n) is 10.2. The quantitative estimate of drug-likeness (QED) is 0.705. The molecule has 0 spiro atoms. The van der Waals surface area contributed by atoms with E-state index in [-0.39, 0.29) is 0 Å². The lowest BCUT2D eigenvalue weighted by molar-refractivity contribution is 1.31. The Labute approximate surface area is 109 Å². The molecule has 0 aromatic heterocycles. The summed E-state index contributed by atoms with van der Waals surface area (Å²) in [6.07, 6.45) is 11.9. The van der Waals surface area contributed by atoms with Crippen LogP contribution in [-0.2, 0) is 12.8 Å². The molecule has 0 atom stereocenters. The second-order valence-electron chi connectivity index (χ2n) is 4.16. The largest absolute Gasteiger partial charge is 0.120 e. The highest BCUT2D eigenvalue weighted by molar-refractivity contribution is 5.64. The minimum Gasteiger partial charge on any atom is -0.120 e. The first-order valence-corrected chi connectivity index (χ1v) is 5.88. The van der Waals surface area contributed by atoms with Crippen LogP contribution in [0.15, 0.2) is 48.5 Å². The van der Waals surface area contributed by atoms with Gasteiger partial charge in [0, 0.05) is 12.8 Å². The highest BCUT2D eigenvalue weighted by Crippen LogP contribution is 2.20. The molecular weight excluding hydrogens is 216 g/mol. The van der Waals surface area contributed by atoms with Crippen LogP contribution in [-0.4, -0.2) is 0 Å². The van der Waals surface area contributed by atoms with Crippen LogP contribution in [0.3, 0.4) is 0 Å². The van der Waals surface area contributed by atoms with Crippen molar-refractivity contribution in [3.63, 3.8) is 0 Å². The van der Waals surface area contributed by atoms with Gasteiger partial charge in [0.15, 0.2) is 0 Å². The van der Waals surface area contributed by atoms with Crippen LogP contribution in [0, 0.1) is 24.7 Å². The lowest BCUT2D eigenvalue weighted by Crippen LogP contribution is -1.84. The highest BCUT2D eigenvalue weighted by atomic mass is 14.0. The fourth-order valence-electron chi connectivity index (χ4n) is 1.87. The Hall–Kier alpha value is -2.44. The van der Waals surface area contributed by atoms with E-state index in [9.17, 15) is 0 Å². The van der Waals surface area contributed by atoms with Gasteiger partial charge in [-0.15, -0.1) is 24.7 Å². The van der Waals surface area contributed by atoms with Crippen molar-refractivity contribution < 1.29 is 0 Å². The molecular formula is C18H14. The normalized spacial score (nSPS) is 9.44.